The van der Waals surface area contributed by atoms with Gasteiger partial charge in [0.15, 0.2) is 0 Å². The second kappa shape index (κ2) is 9.70. The summed E-state index contributed by atoms with van der Waals surface area (Å²) < 4.78 is 11.0. The third-order valence-corrected chi connectivity index (χ3v) is 5.25. The molecule has 2 aromatic carbocycles. The number of benzene rings is 2. The Hall–Kier alpha value is -3.58. The number of aromatic amines is 1. The van der Waals surface area contributed by atoms with E-state index >= 15 is 0 Å². The topological polar surface area (TPSA) is 75.3 Å². The molecule has 0 aliphatic carbocycles. The van der Waals surface area contributed by atoms with Crippen LogP contribution in [0.3, 0.4) is 0 Å². The molecule has 0 radical (unpaired) electrons. The Morgan fingerprint density at radius 1 is 0.969 bits per heavy atom. The fraction of sp³-hybridized carbons (Fsp3) is 0.280. The quantitative estimate of drug-likeness (QED) is 0.397. The lowest BCUT2D eigenvalue weighted by Gasteiger charge is -2.27. The Labute approximate surface area is 188 Å². The van der Waals surface area contributed by atoms with Gasteiger partial charge in [-0.2, -0.15) is 0 Å². The summed E-state index contributed by atoms with van der Waals surface area (Å²) in [7, 11) is 3.33. The van der Waals surface area contributed by atoms with E-state index in [2.05, 4.69) is 46.2 Å². The number of hydrogen-bond donors (Lipinski definition) is 2. The first-order chi connectivity index (χ1) is 15.6. The molecule has 7 nitrogen and oxygen atoms in total. The zero-order valence-corrected chi connectivity index (χ0v) is 18.9. The molecule has 4 aromatic rings. The SMILES string of the molecule is COc1cc(OC)cc(N(CCNC(C)C)c2ccc3ncc(-c4ccc[nH]4)nc3c2)c1. The molecule has 0 aliphatic rings. The van der Waals surface area contributed by atoms with Crippen molar-refractivity contribution in [3.05, 3.63) is 60.9 Å². The molecule has 0 aliphatic heterocycles. The van der Waals surface area contributed by atoms with E-state index < -0.39 is 0 Å². The van der Waals surface area contributed by atoms with Gasteiger partial charge in [0.1, 0.15) is 17.2 Å². The van der Waals surface area contributed by atoms with Crippen LogP contribution in [-0.2, 0) is 0 Å². The minimum atomic E-state index is 0.405. The molecule has 0 bridgehead atoms. The van der Waals surface area contributed by atoms with Crippen molar-refractivity contribution in [2.75, 3.05) is 32.2 Å². The van der Waals surface area contributed by atoms with Crippen LogP contribution in [0.5, 0.6) is 11.5 Å². The predicted octanol–water partition coefficient (Wildman–Crippen LogP) is 4.78. The molecule has 2 N–H and O–H groups in total. The van der Waals surface area contributed by atoms with Gasteiger partial charge in [-0.1, -0.05) is 13.8 Å². The number of ether oxygens (including phenoxy) is 2. The molecule has 0 amide bonds. The first kappa shape index (κ1) is 21.6. The maximum absolute atomic E-state index is 5.51. The lowest BCUT2D eigenvalue weighted by atomic mass is 10.2. The summed E-state index contributed by atoms with van der Waals surface area (Å²) in [4.78, 5) is 14.9. The highest BCUT2D eigenvalue weighted by Gasteiger charge is 2.14. The largest absolute Gasteiger partial charge is 0.497 e. The summed E-state index contributed by atoms with van der Waals surface area (Å²) in [5.41, 5.74) is 5.46. The summed E-state index contributed by atoms with van der Waals surface area (Å²) >= 11 is 0. The number of H-pyrrole nitrogens is 1. The van der Waals surface area contributed by atoms with Crippen LogP contribution in [0.1, 0.15) is 13.8 Å². The summed E-state index contributed by atoms with van der Waals surface area (Å²) in [5, 5.41) is 3.50. The Balaban J connectivity index is 1.76. The molecule has 166 valence electrons. The molecular weight excluding hydrogens is 402 g/mol. The van der Waals surface area contributed by atoms with Gasteiger partial charge in [-0.05, 0) is 30.3 Å². The second-order valence-electron chi connectivity index (χ2n) is 7.84. The highest BCUT2D eigenvalue weighted by atomic mass is 16.5. The van der Waals surface area contributed by atoms with E-state index in [0.717, 1.165) is 58.4 Å². The Kier molecular flexibility index (Phi) is 6.56. The molecule has 2 aromatic heterocycles. The van der Waals surface area contributed by atoms with Crippen LogP contribution in [-0.4, -0.2) is 48.3 Å². The first-order valence-corrected chi connectivity index (χ1v) is 10.7. The summed E-state index contributed by atoms with van der Waals surface area (Å²) in [6.45, 7) is 5.88. The van der Waals surface area contributed by atoms with Gasteiger partial charge in [0.2, 0.25) is 0 Å². The van der Waals surface area contributed by atoms with Crippen molar-refractivity contribution < 1.29 is 9.47 Å². The molecule has 0 fully saturated rings. The number of aromatic nitrogens is 3. The Morgan fingerprint density at radius 3 is 2.41 bits per heavy atom. The van der Waals surface area contributed by atoms with Gasteiger partial charge >= 0.3 is 0 Å². The zero-order chi connectivity index (χ0) is 22.5. The second-order valence-corrected chi connectivity index (χ2v) is 7.84. The van der Waals surface area contributed by atoms with Gasteiger partial charge in [-0.3, -0.25) is 4.98 Å². The number of rotatable bonds is 9. The number of fused-ring (bicyclic) bond motifs is 1. The number of hydrogen-bond acceptors (Lipinski definition) is 6. The fourth-order valence-corrected chi connectivity index (χ4v) is 3.61. The maximum atomic E-state index is 5.51. The van der Waals surface area contributed by atoms with E-state index in [1.165, 1.54) is 0 Å². The van der Waals surface area contributed by atoms with E-state index in [4.69, 9.17) is 14.5 Å². The highest BCUT2D eigenvalue weighted by molar-refractivity contribution is 5.82. The molecule has 0 unspecified atom stereocenters. The number of nitrogens with zero attached hydrogens (tertiary/aromatic N) is 3. The van der Waals surface area contributed by atoms with Crippen molar-refractivity contribution in [3.8, 4) is 22.9 Å². The monoisotopic (exact) mass is 431 g/mol. The van der Waals surface area contributed by atoms with Gasteiger partial charge in [-0.25, -0.2) is 4.98 Å². The number of methoxy groups -OCH3 is 2. The normalized spacial score (nSPS) is 11.2. The molecule has 4 rings (SSSR count). The zero-order valence-electron chi connectivity index (χ0n) is 18.9. The van der Waals surface area contributed by atoms with Gasteiger partial charge in [0, 0.05) is 54.9 Å². The van der Waals surface area contributed by atoms with Crippen molar-refractivity contribution in [2.45, 2.75) is 19.9 Å². The maximum Gasteiger partial charge on any atom is 0.124 e. The van der Waals surface area contributed by atoms with Crippen LogP contribution in [0, 0.1) is 0 Å². The number of nitrogens with one attached hydrogen (secondary N) is 2. The van der Waals surface area contributed by atoms with E-state index in [0.29, 0.717) is 6.04 Å². The van der Waals surface area contributed by atoms with Crippen LogP contribution in [0.25, 0.3) is 22.4 Å². The van der Waals surface area contributed by atoms with Gasteiger partial charge in [-0.15, -0.1) is 0 Å². The predicted molar refractivity (Wildman–Crippen MR) is 129 cm³/mol. The summed E-state index contributed by atoms with van der Waals surface area (Å²) in [5.74, 6) is 1.49. The lowest BCUT2D eigenvalue weighted by Crippen LogP contribution is -2.32. The highest BCUT2D eigenvalue weighted by Crippen LogP contribution is 2.33. The van der Waals surface area contributed by atoms with E-state index in [1.807, 2.05) is 42.6 Å². The first-order valence-electron chi connectivity index (χ1n) is 10.7. The summed E-state index contributed by atoms with van der Waals surface area (Å²) in [6.07, 6.45) is 3.68. The van der Waals surface area contributed by atoms with Gasteiger partial charge in [0.05, 0.1) is 37.1 Å². The minimum absolute atomic E-state index is 0.405. The van der Waals surface area contributed by atoms with Crippen LogP contribution in [0.4, 0.5) is 11.4 Å². The third-order valence-electron chi connectivity index (χ3n) is 5.25. The van der Waals surface area contributed by atoms with E-state index in [9.17, 15) is 0 Å². The average molecular weight is 432 g/mol. The van der Waals surface area contributed by atoms with Gasteiger partial charge < -0.3 is 24.7 Å². The molecular formula is C25H29N5O2. The smallest absolute Gasteiger partial charge is 0.124 e. The fourth-order valence-electron chi connectivity index (χ4n) is 3.61. The van der Waals surface area contributed by atoms with E-state index in [1.54, 1.807) is 20.4 Å². The van der Waals surface area contributed by atoms with Crippen LogP contribution in [0.15, 0.2) is 60.9 Å². The van der Waals surface area contributed by atoms with Crippen LogP contribution >= 0.6 is 0 Å². The lowest BCUT2D eigenvalue weighted by molar-refractivity contribution is 0.394. The molecule has 0 spiro atoms. The third kappa shape index (κ3) is 4.84. The molecule has 7 heteroatoms. The van der Waals surface area contributed by atoms with Crippen molar-refractivity contribution in [1.29, 1.82) is 0 Å². The van der Waals surface area contributed by atoms with Gasteiger partial charge in [0.25, 0.3) is 0 Å². The van der Waals surface area contributed by atoms with Crippen LogP contribution in [0.2, 0.25) is 0 Å². The van der Waals surface area contributed by atoms with Crippen molar-refractivity contribution in [2.24, 2.45) is 0 Å². The van der Waals surface area contributed by atoms with Crippen molar-refractivity contribution in [1.82, 2.24) is 20.3 Å². The molecule has 32 heavy (non-hydrogen) atoms. The minimum Gasteiger partial charge on any atom is -0.497 e. The molecule has 0 saturated carbocycles. The number of anilines is 2. The van der Waals surface area contributed by atoms with Crippen molar-refractivity contribution in [3.63, 3.8) is 0 Å². The Bertz CT molecular complexity index is 1150. The summed E-state index contributed by atoms with van der Waals surface area (Å²) in [6, 6.07) is 16.4. The molecule has 0 atom stereocenters. The standard InChI is InChI=1S/C25H29N5O2/c1-17(2)26-10-11-30(19-12-20(31-3)15-21(13-19)32-4)18-7-8-23-24(14-18)29-25(16-28-23)22-6-5-9-27-22/h5-9,12-17,26-27H,10-11H2,1-4H3. The molecule has 2 heterocycles. The van der Waals surface area contributed by atoms with E-state index in [-0.39, 0.29) is 0 Å². The van der Waals surface area contributed by atoms with Crippen molar-refractivity contribution >= 4 is 22.4 Å². The molecule has 0 saturated heterocycles. The Morgan fingerprint density at radius 2 is 1.75 bits per heavy atom. The average Bonchev–Trinajstić information content (AvgIpc) is 3.35. The van der Waals surface area contributed by atoms with Crippen LogP contribution < -0.4 is 19.7 Å².